The largest absolute Gasteiger partial charge is 0.393 e. The number of allylic oxidation sites excluding steroid dienone is 4. The molecule has 7 atom stereocenters. The van der Waals surface area contributed by atoms with Crippen LogP contribution in [-0.2, 0) is 9.59 Å². The first-order valence-electron chi connectivity index (χ1n) is 9.83. The molecule has 2 fully saturated rings. The summed E-state index contributed by atoms with van der Waals surface area (Å²) in [7, 11) is 0. The van der Waals surface area contributed by atoms with E-state index in [9.17, 15) is 14.7 Å². The topological polar surface area (TPSA) is 54.4 Å². The molecule has 0 aliphatic heterocycles. The van der Waals surface area contributed by atoms with Crippen LogP contribution in [-0.4, -0.2) is 22.8 Å². The van der Waals surface area contributed by atoms with Gasteiger partial charge in [0.2, 0.25) is 0 Å². The molecule has 0 radical (unpaired) electrons. The quantitative estimate of drug-likeness (QED) is 0.787. The SMILES string of the molecule is CC(=O)C1=CC[C@H]2[C@@H]3C[C@H](C)C4=CC(=O)CC[C@]4(C)[C@H]3[C@H](O)C[C@]12C. The van der Waals surface area contributed by atoms with Crippen molar-refractivity contribution < 1.29 is 14.7 Å². The number of aliphatic hydroxyl groups excluding tert-OH is 1. The molecule has 0 heterocycles. The molecule has 4 rings (SSSR count). The number of hydrogen-bond acceptors (Lipinski definition) is 3. The van der Waals surface area contributed by atoms with E-state index in [-0.39, 0.29) is 28.3 Å². The molecule has 136 valence electrons. The second-order valence-electron chi connectivity index (χ2n) is 9.51. The minimum absolute atomic E-state index is 0.0734. The van der Waals surface area contributed by atoms with Gasteiger partial charge in [0.05, 0.1) is 6.10 Å². The molecule has 0 aromatic carbocycles. The highest BCUT2D eigenvalue weighted by molar-refractivity contribution is 5.95. The molecule has 4 aliphatic rings. The molecule has 25 heavy (non-hydrogen) atoms. The monoisotopic (exact) mass is 342 g/mol. The van der Waals surface area contributed by atoms with Crippen LogP contribution in [0.25, 0.3) is 0 Å². The van der Waals surface area contributed by atoms with Crippen LogP contribution < -0.4 is 0 Å². The van der Waals surface area contributed by atoms with Crippen LogP contribution in [0.15, 0.2) is 23.3 Å². The van der Waals surface area contributed by atoms with Gasteiger partial charge in [-0.25, -0.2) is 0 Å². The minimum Gasteiger partial charge on any atom is -0.393 e. The highest BCUT2D eigenvalue weighted by Gasteiger charge is 2.61. The Bertz CT molecular complexity index is 702. The van der Waals surface area contributed by atoms with Crippen LogP contribution >= 0.6 is 0 Å². The lowest BCUT2D eigenvalue weighted by atomic mass is 9.44. The molecule has 0 amide bonds. The van der Waals surface area contributed by atoms with E-state index in [1.54, 1.807) is 6.92 Å². The number of hydrogen-bond donors (Lipinski definition) is 1. The summed E-state index contributed by atoms with van der Waals surface area (Å²) < 4.78 is 0. The van der Waals surface area contributed by atoms with E-state index in [1.165, 1.54) is 5.57 Å². The van der Waals surface area contributed by atoms with Gasteiger partial charge in [-0.1, -0.05) is 32.4 Å². The minimum atomic E-state index is -0.402. The van der Waals surface area contributed by atoms with Gasteiger partial charge >= 0.3 is 0 Å². The van der Waals surface area contributed by atoms with Crippen molar-refractivity contribution in [3.63, 3.8) is 0 Å². The number of fused-ring (bicyclic) bond motifs is 5. The molecular weight excluding hydrogens is 312 g/mol. The Balaban J connectivity index is 1.77. The van der Waals surface area contributed by atoms with Crippen molar-refractivity contribution >= 4 is 11.6 Å². The molecule has 0 unspecified atom stereocenters. The normalized spacial score (nSPS) is 48.8. The first-order valence-corrected chi connectivity index (χ1v) is 9.83. The average Bonchev–Trinajstić information content (AvgIpc) is 2.85. The number of carbonyl (C=O) groups is 2. The molecular formula is C22H30O3. The fraction of sp³-hybridized carbons (Fsp3) is 0.727. The van der Waals surface area contributed by atoms with Gasteiger partial charge in [0, 0.05) is 11.8 Å². The van der Waals surface area contributed by atoms with E-state index in [2.05, 4.69) is 26.8 Å². The molecule has 0 bridgehead atoms. The zero-order valence-corrected chi connectivity index (χ0v) is 15.8. The van der Waals surface area contributed by atoms with E-state index in [1.807, 2.05) is 6.08 Å². The number of Topliss-reactive ketones (excluding diaryl/α,β-unsaturated/α-hetero) is 1. The molecule has 0 aromatic heterocycles. The lowest BCUT2D eigenvalue weighted by molar-refractivity contribution is -0.132. The van der Waals surface area contributed by atoms with Gasteiger partial charge in [-0.15, -0.1) is 0 Å². The van der Waals surface area contributed by atoms with Crippen molar-refractivity contribution in [2.24, 2.45) is 34.5 Å². The van der Waals surface area contributed by atoms with Crippen molar-refractivity contribution in [2.45, 2.75) is 65.9 Å². The first-order chi connectivity index (χ1) is 11.7. The van der Waals surface area contributed by atoms with Gasteiger partial charge in [0.15, 0.2) is 11.6 Å². The predicted octanol–water partition coefficient (Wildman–Crippen LogP) is 3.86. The van der Waals surface area contributed by atoms with Gasteiger partial charge in [-0.05, 0) is 73.3 Å². The zero-order chi connectivity index (χ0) is 18.1. The van der Waals surface area contributed by atoms with Crippen molar-refractivity contribution in [2.75, 3.05) is 0 Å². The summed E-state index contributed by atoms with van der Waals surface area (Å²) in [6.45, 7) is 8.38. The highest BCUT2D eigenvalue weighted by atomic mass is 16.3. The summed E-state index contributed by atoms with van der Waals surface area (Å²) in [6.07, 6.45) is 7.74. The third kappa shape index (κ3) is 2.21. The standard InChI is InChI=1S/C22H30O3/c1-12-9-15-17-6-5-16(13(2)23)22(17,4)11-19(25)20(15)21(3)8-7-14(24)10-18(12)21/h5,10,12,15,17,19-20,25H,6-9,11H2,1-4H3/t12-,15-,17-,19+,20+,21-,22+/m0/s1. The summed E-state index contributed by atoms with van der Waals surface area (Å²) >= 11 is 0. The van der Waals surface area contributed by atoms with Gasteiger partial charge < -0.3 is 5.11 Å². The van der Waals surface area contributed by atoms with Crippen LogP contribution in [0.3, 0.4) is 0 Å². The Labute approximate surface area is 150 Å². The number of rotatable bonds is 1. The summed E-state index contributed by atoms with van der Waals surface area (Å²) in [6, 6.07) is 0. The lowest BCUT2D eigenvalue weighted by Gasteiger charge is -2.60. The van der Waals surface area contributed by atoms with Crippen molar-refractivity contribution in [1.29, 1.82) is 0 Å². The Morgan fingerprint density at radius 3 is 2.68 bits per heavy atom. The smallest absolute Gasteiger partial charge is 0.156 e. The van der Waals surface area contributed by atoms with Crippen LogP contribution in [0.4, 0.5) is 0 Å². The molecule has 0 saturated heterocycles. The second-order valence-corrected chi connectivity index (χ2v) is 9.51. The lowest BCUT2D eigenvalue weighted by Crippen LogP contribution is -2.57. The fourth-order valence-corrected chi connectivity index (χ4v) is 7.23. The molecule has 0 spiro atoms. The van der Waals surface area contributed by atoms with Crippen LogP contribution in [0.1, 0.15) is 59.8 Å². The Morgan fingerprint density at radius 1 is 1.28 bits per heavy atom. The molecule has 2 saturated carbocycles. The maximum absolute atomic E-state index is 12.2. The zero-order valence-electron chi connectivity index (χ0n) is 15.8. The average molecular weight is 342 g/mol. The van der Waals surface area contributed by atoms with E-state index in [0.717, 1.165) is 24.8 Å². The molecule has 3 nitrogen and oxygen atoms in total. The van der Waals surface area contributed by atoms with E-state index in [0.29, 0.717) is 30.6 Å². The summed E-state index contributed by atoms with van der Waals surface area (Å²) in [5.41, 5.74) is 1.95. The Hall–Kier alpha value is -1.22. The van der Waals surface area contributed by atoms with E-state index >= 15 is 0 Å². The number of carbonyl (C=O) groups excluding carboxylic acids is 2. The molecule has 4 aliphatic carbocycles. The van der Waals surface area contributed by atoms with Gasteiger partial charge in [-0.2, -0.15) is 0 Å². The molecule has 3 heteroatoms. The third-order valence-corrected chi connectivity index (χ3v) is 8.17. The molecule has 1 N–H and O–H groups in total. The van der Waals surface area contributed by atoms with E-state index < -0.39 is 6.10 Å². The number of ketones is 2. The van der Waals surface area contributed by atoms with Crippen molar-refractivity contribution in [3.8, 4) is 0 Å². The maximum Gasteiger partial charge on any atom is 0.156 e. The van der Waals surface area contributed by atoms with Crippen molar-refractivity contribution in [3.05, 3.63) is 23.3 Å². The number of aliphatic hydroxyl groups is 1. The van der Waals surface area contributed by atoms with Crippen molar-refractivity contribution in [1.82, 2.24) is 0 Å². The highest BCUT2D eigenvalue weighted by Crippen LogP contribution is 2.66. The molecule has 0 aromatic rings. The van der Waals surface area contributed by atoms with Gasteiger partial charge in [0.25, 0.3) is 0 Å². The first kappa shape index (κ1) is 17.2. The summed E-state index contributed by atoms with van der Waals surface area (Å²) in [5.74, 6) is 1.86. The Morgan fingerprint density at radius 2 is 2.00 bits per heavy atom. The van der Waals surface area contributed by atoms with Gasteiger partial charge in [-0.3, -0.25) is 9.59 Å². The van der Waals surface area contributed by atoms with E-state index in [4.69, 9.17) is 0 Å². The van der Waals surface area contributed by atoms with Crippen LogP contribution in [0, 0.1) is 34.5 Å². The summed E-state index contributed by atoms with van der Waals surface area (Å²) in [5, 5.41) is 11.2. The summed E-state index contributed by atoms with van der Waals surface area (Å²) in [4.78, 5) is 24.2. The second kappa shape index (κ2) is 5.39. The van der Waals surface area contributed by atoms with Gasteiger partial charge in [0.1, 0.15) is 0 Å². The predicted molar refractivity (Wildman–Crippen MR) is 96.8 cm³/mol. The fourth-order valence-electron chi connectivity index (χ4n) is 7.23. The van der Waals surface area contributed by atoms with Crippen LogP contribution in [0.5, 0.6) is 0 Å². The Kier molecular flexibility index (Phi) is 3.71. The third-order valence-electron chi connectivity index (χ3n) is 8.17. The maximum atomic E-state index is 12.2. The van der Waals surface area contributed by atoms with Crippen LogP contribution in [0.2, 0.25) is 0 Å².